The summed E-state index contributed by atoms with van der Waals surface area (Å²) in [5.74, 6) is 0.399. The SMILES string of the molecule is Cc1cc(NC(=O)c2nc(C(=O)NC3CCCCC3)n3ccccc23)no1. The molecule has 1 saturated carbocycles. The molecule has 140 valence electrons. The Bertz CT molecular complexity index is 984. The predicted octanol–water partition coefficient (Wildman–Crippen LogP) is 2.95. The standard InChI is InChI=1S/C19H21N5O3/c1-12-11-15(23-27-12)21-18(25)16-14-9-5-6-10-24(14)17(22-16)19(26)20-13-7-3-2-4-8-13/h5-6,9-11,13H,2-4,7-8H2,1H3,(H,20,26)(H,21,23,25). The van der Waals surface area contributed by atoms with E-state index in [1.807, 2.05) is 0 Å². The Kier molecular flexibility index (Phi) is 4.62. The van der Waals surface area contributed by atoms with Crippen molar-refractivity contribution >= 4 is 23.1 Å². The van der Waals surface area contributed by atoms with Crippen LogP contribution in [0.25, 0.3) is 5.52 Å². The van der Waals surface area contributed by atoms with Crippen LogP contribution < -0.4 is 10.6 Å². The number of fused-ring (bicyclic) bond motifs is 1. The minimum atomic E-state index is -0.441. The van der Waals surface area contributed by atoms with E-state index in [1.165, 1.54) is 6.42 Å². The molecule has 4 rings (SSSR count). The van der Waals surface area contributed by atoms with Gasteiger partial charge in [-0.05, 0) is 31.9 Å². The van der Waals surface area contributed by atoms with E-state index >= 15 is 0 Å². The van der Waals surface area contributed by atoms with Crippen molar-refractivity contribution in [1.82, 2.24) is 19.9 Å². The first-order chi connectivity index (χ1) is 13.1. The van der Waals surface area contributed by atoms with Crippen LogP contribution in [0.15, 0.2) is 35.0 Å². The number of rotatable bonds is 4. The van der Waals surface area contributed by atoms with Crippen LogP contribution >= 0.6 is 0 Å². The number of carbonyl (C=O) groups excluding carboxylic acids is 2. The molecular formula is C19H21N5O3. The van der Waals surface area contributed by atoms with Gasteiger partial charge in [-0.2, -0.15) is 0 Å². The summed E-state index contributed by atoms with van der Waals surface area (Å²) >= 11 is 0. The number of nitrogens with one attached hydrogen (secondary N) is 2. The van der Waals surface area contributed by atoms with E-state index in [2.05, 4.69) is 20.8 Å². The summed E-state index contributed by atoms with van der Waals surface area (Å²) in [7, 11) is 0. The molecule has 27 heavy (non-hydrogen) atoms. The highest BCUT2D eigenvalue weighted by Gasteiger charge is 2.24. The number of hydrogen-bond donors (Lipinski definition) is 2. The lowest BCUT2D eigenvalue weighted by Gasteiger charge is -2.22. The molecule has 0 saturated heterocycles. The Morgan fingerprint density at radius 2 is 2.00 bits per heavy atom. The topological polar surface area (TPSA) is 102 Å². The van der Waals surface area contributed by atoms with Crippen molar-refractivity contribution in [3.63, 3.8) is 0 Å². The number of aromatic nitrogens is 3. The zero-order valence-corrected chi connectivity index (χ0v) is 15.1. The summed E-state index contributed by atoms with van der Waals surface area (Å²) in [5, 5.41) is 9.46. The van der Waals surface area contributed by atoms with Gasteiger partial charge in [-0.1, -0.05) is 30.5 Å². The molecule has 3 heterocycles. The van der Waals surface area contributed by atoms with E-state index in [4.69, 9.17) is 4.52 Å². The fourth-order valence-corrected chi connectivity index (χ4v) is 3.46. The summed E-state index contributed by atoms with van der Waals surface area (Å²) in [6.45, 7) is 1.74. The number of nitrogens with zero attached hydrogens (tertiary/aromatic N) is 3. The summed E-state index contributed by atoms with van der Waals surface area (Å²) in [4.78, 5) is 29.8. The highest BCUT2D eigenvalue weighted by Crippen LogP contribution is 2.19. The molecule has 0 unspecified atom stereocenters. The molecule has 0 spiro atoms. The third kappa shape index (κ3) is 3.55. The smallest absolute Gasteiger partial charge is 0.287 e. The van der Waals surface area contributed by atoms with E-state index in [0.29, 0.717) is 17.1 Å². The third-order valence-corrected chi connectivity index (χ3v) is 4.78. The lowest BCUT2D eigenvalue weighted by Crippen LogP contribution is -2.37. The quantitative estimate of drug-likeness (QED) is 0.738. The monoisotopic (exact) mass is 367 g/mol. The number of hydrogen-bond acceptors (Lipinski definition) is 5. The van der Waals surface area contributed by atoms with Crippen LogP contribution in [0.1, 0.15) is 59.0 Å². The van der Waals surface area contributed by atoms with Gasteiger partial charge in [0.2, 0.25) is 5.82 Å². The molecule has 0 bridgehead atoms. The zero-order chi connectivity index (χ0) is 18.8. The van der Waals surface area contributed by atoms with Gasteiger partial charge < -0.3 is 15.2 Å². The second-order valence-electron chi connectivity index (χ2n) is 6.83. The van der Waals surface area contributed by atoms with Crippen LogP contribution in [-0.4, -0.2) is 32.4 Å². The number of aryl methyl sites for hydroxylation is 1. The van der Waals surface area contributed by atoms with Crippen molar-refractivity contribution in [2.45, 2.75) is 45.1 Å². The van der Waals surface area contributed by atoms with Crippen molar-refractivity contribution in [1.29, 1.82) is 0 Å². The molecule has 0 radical (unpaired) electrons. The maximum absolute atomic E-state index is 12.8. The Balaban J connectivity index is 1.62. The average molecular weight is 367 g/mol. The van der Waals surface area contributed by atoms with Gasteiger partial charge in [0.15, 0.2) is 11.5 Å². The maximum Gasteiger partial charge on any atom is 0.287 e. The van der Waals surface area contributed by atoms with Gasteiger partial charge in [0.1, 0.15) is 5.76 Å². The van der Waals surface area contributed by atoms with Gasteiger partial charge in [0.25, 0.3) is 11.8 Å². The van der Waals surface area contributed by atoms with Crippen molar-refractivity contribution in [2.24, 2.45) is 0 Å². The van der Waals surface area contributed by atoms with Crippen molar-refractivity contribution < 1.29 is 14.1 Å². The molecule has 3 aromatic rings. The van der Waals surface area contributed by atoms with Gasteiger partial charge in [-0.15, -0.1) is 0 Å². The highest BCUT2D eigenvalue weighted by molar-refractivity contribution is 6.08. The van der Waals surface area contributed by atoms with Crippen LogP contribution in [-0.2, 0) is 0 Å². The van der Waals surface area contributed by atoms with Gasteiger partial charge in [0.05, 0.1) is 5.52 Å². The van der Waals surface area contributed by atoms with Gasteiger partial charge >= 0.3 is 0 Å². The number of carbonyl (C=O) groups is 2. The van der Waals surface area contributed by atoms with Crippen LogP contribution in [0.4, 0.5) is 5.82 Å². The number of imidazole rings is 1. The average Bonchev–Trinajstić information content (AvgIpc) is 3.26. The van der Waals surface area contributed by atoms with Crippen molar-refractivity contribution in [2.75, 3.05) is 5.32 Å². The minimum Gasteiger partial charge on any atom is -0.360 e. The molecule has 0 aromatic carbocycles. The van der Waals surface area contributed by atoms with E-state index in [-0.39, 0.29) is 23.5 Å². The van der Waals surface area contributed by atoms with Crippen LogP contribution in [0.3, 0.4) is 0 Å². The minimum absolute atomic E-state index is 0.165. The molecule has 3 aromatic heterocycles. The second-order valence-corrected chi connectivity index (χ2v) is 6.83. The molecule has 8 heteroatoms. The van der Waals surface area contributed by atoms with Crippen molar-refractivity contribution in [3.8, 4) is 0 Å². The Labute approximate surface area is 155 Å². The second kappa shape index (κ2) is 7.22. The summed E-state index contributed by atoms with van der Waals surface area (Å²) in [6.07, 6.45) is 7.15. The Morgan fingerprint density at radius 1 is 1.19 bits per heavy atom. The van der Waals surface area contributed by atoms with Crippen LogP contribution in [0, 0.1) is 6.92 Å². The van der Waals surface area contributed by atoms with E-state index in [9.17, 15) is 9.59 Å². The van der Waals surface area contributed by atoms with Gasteiger partial charge in [-0.3, -0.25) is 14.0 Å². The molecule has 8 nitrogen and oxygen atoms in total. The summed E-state index contributed by atoms with van der Waals surface area (Å²) in [5.41, 5.74) is 0.731. The largest absolute Gasteiger partial charge is 0.360 e. The maximum atomic E-state index is 12.8. The zero-order valence-electron chi connectivity index (χ0n) is 15.1. The molecule has 1 aliphatic rings. The highest BCUT2D eigenvalue weighted by atomic mass is 16.5. The molecule has 0 atom stereocenters. The number of anilines is 1. The van der Waals surface area contributed by atoms with Crippen molar-refractivity contribution in [3.05, 3.63) is 47.7 Å². The summed E-state index contributed by atoms with van der Waals surface area (Å²) < 4.78 is 6.60. The fourth-order valence-electron chi connectivity index (χ4n) is 3.46. The van der Waals surface area contributed by atoms with E-state index in [1.54, 1.807) is 41.8 Å². The molecule has 0 aliphatic heterocycles. The number of pyridine rings is 1. The van der Waals surface area contributed by atoms with Gasteiger partial charge in [0, 0.05) is 18.3 Å². The van der Waals surface area contributed by atoms with Gasteiger partial charge in [-0.25, -0.2) is 4.98 Å². The first kappa shape index (κ1) is 17.3. The summed E-state index contributed by atoms with van der Waals surface area (Å²) in [6, 6.07) is 7.14. The lowest BCUT2D eigenvalue weighted by molar-refractivity contribution is 0.0916. The molecule has 2 amide bonds. The van der Waals surface area contributed by atoms with Crippen LogP contribution in [0.5, 0.6) is 0 Å². The Hall–Kier alpha value is -3.16. The first-order valence-electron chi connectivity index (χ1n) is 9.14. The van der Waals surface area contributed by atoms with E-state index < -0.39 is 5.91 Å². The normalized spacial score (nSPS) is 15.0. The third-order valence-electron chi connectivity index (χ3n) is 4.78. The predicted molar refractivity (Wildman–Crippen MR) is 98.7 cm³/mol. The van der Waals surface area contributed by atoms with Crippen LogP contribution in [0.2, 0.25) is 0 Å². The Morgan fingerprint density at radius 3 is 2.74 bits per heavy atom. The first-order valence-corrected chi connectivity index (χ1v) is 9.14. The molecule has 2 N–H and O–H groups in total. The lowest BCUT2D eigenvalue weighted by atomic mass is 9.95. The molecule has 1 aliphatic carbocycles. The number of amides is 2. The molecular weight excluding hydrogens is 346 g/mol. The fraction of sp³-hybridized carbons (Fsp3) is 0.368. The molecule has 1 fully saturated rings. The van der Waals surface area contributed by atoms with E-state index in [0.717, 1.165) is 25.7 Å².